The van der Waals surface area contributed by atoms with Crippen LogP contribution in [-0.2, 0) is 28.6 Å². The normalized spacial score (nSPS) is 12.5. The Kier molecular flexibility index (Phi) is 68.6. The summed E-state index contributed by atoms with van der Waals surface area (Å²) < 4.78 is 17.0. The van der Waals surface area contributed by atoms with Gasteiger partial charge in [0.2, 0.25) is 0 Å². The van der Waals surface area contributed by atoms with E-state index in [1.54, 1.807) is 0 Å². The third-order valence-corrected chi connectivity index (χ3v) is 16.2. The molecular formula is C77H138O6. The second-order valence-corrected chi connectivity index (χ2v) is 24.5. The maximum absolute atomic E-state index is 13.0. The highest BCUT2D eigenvalue weighted by Gasteiger charge is 2.19. The molecule has 83 heavy (non-hydrogen) atoms. The molecule has 0 spiro atoms. The van der Waals surface area contributed by atoms with Crippen molar-refractivity contribution in [3.8, 4) is 0 Å². The summed E-state index contributed by atoms with van der Waals surface area (Å²) in [6, 6.07) is 0. The number of rotatable bonds is 67. The van der Waals surface area contributed by atoms with Crippen LogP contribution >= 0.6 is 0 Å². The smallest absolute Gasteiger partial charge is 0.306 e. The minimum Gasteiger partial charge on any atom is -0.462 e. The average Bonchev–Trinajstić information content (AvgIpc) is 3.48. The summed E-state index contributed by atoms with van der Waals surface area (Å²) in [5.41, 5.74) is 0. The Labute approximate surface area is 516 Å². The Hall–Kier alpha value is -3.15. The van der Waals surface area contributed by atoms with Crippen LogP contribution < -0.4 is 0 Å². The van der Waals surface area contributed by atoms with Gasteiger partial charge in [-0.2, -0.15) is 0 Å². The standard InChI is InChI=1S/C77H138O6/c1-4-7-10-13-16-19-22-24-26-28-30-32-34-36-37-38-39-41-42-44-46-48-50-52-55-58-61-64-67-70-76(79)82-73-74(72-81-75(78)69-66-63-60-57-54-21-18-15-12-9-6-3)83-77(80)71-68-65-62-59-56-53-51-49-47-45-43-40-35-33-31-29-27-25-23-20-17-14-11-8-5-2/h7,10,16,19,24,26,29-32,36-37,74H,4-6,8-9,11-15,17-18,20-23,25,27-28,33-35,38-73H2,1-3H3/b10-7-,19-16-,26-24-,31-29-,32-30-,37-36-. The molecule has 1 unspecified atom stereocenters. The predicted octanol–water partition coefficient (Wildman–Crippen LogP) is 25.2. The lowest BCUT2D eigenvalue weighted by Gasteiger charge is -2.18. The summed E-state index contributed by atoms with van der Waals surface area (Å²) in [6.07, 6.45) is 93.7. The van der Waals surface area contributed by atoms with E-state index in [9.17, 15) is 14.4 Å². The first-order valence-corrected chi connectivity index (χ1v) is 36.4. The van der Waals surface area contributed by atoms with Crippen LogP contribution in [0.5, 0.6) is 0 Å². The molecule has 6 heteroatoms. The van der Waals surface area contributed by atoms with Crippen LogP contribution in [0.3, 0.4) is 0 Å². The van der Waals surface area contributed by atoms with Gasteiger partial charge in [0.15, 0.2) is 6.10 Å². The topological polar surface area (TPSA) is 78.9 Å². The van der Waals surface area contributed by atoms with Gasteiger partial charge >= 0.3 is 17.9 Å². The number of unbranched alkanes of at least 4 members (excludes halogenated alkanes) is 44. The Bertz CT molecular complexity index is 1520. The second kappa shape index (κ2) is 71.3. The quantitative estimate of drug-likeness (QED) is 0.0261. The summed E-state index contributed by atoms with van der Waals surface area (Å²) in [5, 5.41) is 0. The predicted molar refractivity (Wildman–Crippen MR) is 362 cm³/mol. The molecule has 0 aliphatic rings. The minimum absolute atomic E-state index is 0.0701. The fourth-order valence-corrected chi connectivity index (χ4v) is 10.8. The van der Waals surface area contributed by atoms with E-state index in [1.165, 1.54) is 250 Å². The zero-order chi connectivity index (χ0) is 59.9. The number of ether oxygens (including phenoxy) is 3. The average molecular weight is 1160 g/mol. The molecule has 0 rings (SSSR count). The van der Waals surface area contributed by atoms with Crippen LogP contribution in [-0.4, -0.2) is 37.2 Å². The van der Waals surface area contributed by atoms with Crippen LogP contribution in [0.1, 0.15) is 380 Å². The van der Waals surface area contributed by atoms with Crippen LogP contribution in [0.4, 0.5) is 0 Å². The van der Waals surface area contributed by atoms with E-state index < -0.39 is 6.10 Å². The molecule has 0 saturated heterocycles. The molecule has 0 amide bonds. The summed E-state index contributed by atoms with van der Waals surface area (Å²) in [4.78, 5) is 38.4. The highest BCUT2D eigenvalue weighted by atomic mass is 16.6. The van der Waals surface area contributed by atoms with Crippen molar-refractivity contribution in [1.82, 2.24) is 0 Å². The van der Waals surface area contributed by atoms with E-state index >= 15 is 0 Å². The lowest BCUT2D eigenvalue weighted by Crippen LogP contribution is -2.30. The Morgan fingerprint density at radius 3 is 0.747 bits per heavy atom. The maximum Gasteiger partial charge on any atom is 0.306 e. The van der Waals surface area contributed by atoms with Crippen LogP contribution in [0.25, 0.3) is 0 Å². The van der Waals surface area contributed by atoms with Crippen molar-refractivity contribution in [3.05, 3.63) is 72.9 Å². The number of esters is 3. The maximum atomic E-state index is 13.0. The van der Waals surface area contributed by atoms with Crippen molar-refractivity contribution in [2.75, 3.05) is 13.2 Å². The van der Waals surface area contributed by atoms with Crippen molar-refractivity contribution in [3.63, 3.8) is 0 Å². The SMILES string of the molecule is CC/C=C\C/C=C\C/C=C\C/C=C\C/C=C\CCCCCCCCCCCCCCCC(=O)OCC(COC(=O)CCCCCCCCCCCCC)OC(=O)CCCCCCCCCCCCCCC/C=C\CCCCCCCCCC. The summed E-state index contributed by atoms with van der Waals surface area (Å²) >= 11 is 0. The highest BCUT2D eigenvalue weighted by molar-refractivity contribution is 5.71. The number of hydrogen-bond donors (Lipinski definition) is 0. The van der Waals surface area contributed by atoms with Gasteiger partial charge in [0.05, 0.1) is 0 Å². The van der Waals surface area contributed by atoms with Crippen molar-refractivity contribution in [2.45, 2.75) is 386 Å². The largest absolute Gasteiger partial charge is 0.462 e. The van der Waals surface area contributed by atoms with E-state index in [1.807, 2.05) is 0 Å². The number of carbonyl (C=O) groups excluding carboxylic acids is 3. The molecule has 0 aromatic rings. The minimum atomic E-state index is -0.774. The molecule has 6 nitrogen and oxygen atoms in total. The summed E-state index contributed by atoms with van der Waals surface area (Å²) in [5.74, 6) is -0.849. The van der Waals surface area contributed by atoms with E-state index in [4.69, 9.17) is 14.2 Å². The molecule has 482 valence electrons. The molecule has 0 aliphatic heterocycles. The van der Waals surface area contributed by atoms with Crippen molar-refractivity contribution < 1.29 is 28.6 Å². The van der Waals surface area contributed by atoms with E-state index in [0.717, 1.165) is 89.9 Å². The van der Waals surface area contributed by atoms with Gasteiger partial charge in [-0.25, -0.2) is 0 Å². The molecule has 0 aromatic carbocycles. The van der Waals surface area contributed by atoms with Gasteiger partial charge in [0, 0.05) is 19.3 Å². The molecule has 0 fully saturated rings. The first-order chi connectivity index (χ1) is 41.0. The molecular weight excluding hydrogens is 1020 g/mol. The van der Waals surface area contributed by atoms with E-state index in [-0.39, 0.29) is 31.1 Å². The first-order valence-electron chi connectivity index (χ1n) is 36.4. The molecule has 0 N–H and O–H groups in total. The first kappa shape index (κ1) is 79.8. The van der Waals surface area contributed by atoms with E-state index in [2.05, 4.69) is 93.7 Å². The van der Waals surface area contributed by atoms with Gasteiger partial charge < -0.3 is 14.2 Å². The van der Waals surface area contributed by atoms with Crippen LogP contribution in [0, 0.1) is 0 Å². The lowest BCUT2D eigenvalue weighted by atomic mass is 10.0. The second-order valence-electron chi connectivity index (χ2n) is 24.5. The van der Waals surface area contributed by atoms with Crippen molar-refractivity contribution in [2.24, 2.45) is 0 Å². The molecule has 0 radical (unpaired) electrons. The highest BCUT2D eigenvalue weighted by Crippen LogP contribution is 2.18. The zero-order valence-corrected chi connectivity index (χ0v) is 55.5. The van der Waals surface area contributed by atoms with Crippen molar-refractivity contribution >= 4 is 17.9 Å². The Morgan fingerprint density at radius 1 is 0.253 bits per heavy atom. The van der Waals surface area contributed by atoms with E-state index in [0.29, 0.717) is 19.3 Å². The lowest BCUT2D eigenvalue weighted by molar-refractivity contribution is -0.167. The summed E-state index contributed by atoms with van der Waals surface area (Å²) in [6.45, 7) is 6.58. The third-order valence-electron chi connectivity index (χ3n) is 16.2. The number of carbonyl (C=O) groups is 3. The fraction of sp³-hybridized carbons (Fsp3) is 0.805. The van der Waals surface area contributed by atoms with Gasteiger partial charge in [0.25, 0.3) is 0 Å². The molecule has 0 aliphatic carbocycles. The number of hydrogen-bond acceptors (Lipinski definition) is 6. The van der Waals surface area contributed by atoms with Gasteiger partial charge in [-0.1, -0.05) is 344 Å². The van der Waals surface area contributed by atoms with Gasteiger partial charge in [-0.15, -0.1) is 0 Å². The number of allylic oxidation sites excluding steroid dienone is 12. The Balaban J connectivity index is 4.18. The van der Waals surface area contributed by atoms with Crippen molar-refractivity contribution in [1.29, 1.82) is 0 Å². The van der Waals surface area contributed by atoms with Gasteiger partial charge in [-0.05, 0) is 89.9 Å². The summed E-state index contributed by atoms with van der Waals surface area (Å²) in [7, 11) is 0. The zero-order valence-electron chi connectivity index (χ0n) is 55.5. The monoisotopic (exact) mass is 1160 g/mol. The van der Waals surface area contributed by atoms with Gasteiger partial charge in [0.1, 0.15) is 13.2 Å². The third kappa shape index (κ3) is 69.5. The van der Waals surface area contributed by atoms with Crippen LogP contribution in [0.2, 0.25) is 0 Å². The van der Waals surface area contributed by atoms with Gasteiger partial charge in [-0.3, -0.25) is 14.4 Å². The molecule has 0 heterocycles. The fourth-order valence-electron chi connectivity index (χ4n) is 10.8. The Morgan fingerprint density at radius 2 is 0.470 bits per heavy atom. The van der Waals surface area contributed by atoms with Crippen LogP contribution in [0.15, 0.2) is 72.9 Å². The molecule has 0 saturated carbocycles. The molecule has 0 aromatic heterocycles. The molecule has 0 bridgehead atoms. The molecule has 1 atom stereocenters.